The lowest BCUT2D eigenvalue weighted by Gasteiger charge is -2.33. The predicted octanol–water partition coefficient (Wildman–Crippen LogP) is 2.06. The maximum Gasteiger partial charge on any atom is 0.264 e. The van der Waals surface area contributed by atoms with E-state index in [4.69, 9.17) is 4.74 Å². The summed E-state index contributed by atoms with van der Waals surface area (Å²) in [4.78, 5) is 32.3. The normalized spacial score (nSPS) is 26.9. The van der Waals surface area contributed by atoms with E-state index in [1.165, 1.54) is 0 Å². The summed E-state index contributed by atoms with van der Waals surface area (Å²) >= 11 is 0. The minimum Gasteiger partial charge on any atom is -0.378 e. The fraction of sp³-hybridized carbons (Fsp3) is 0.722. The first kappa shape index (κ1) is 17.1. The first-order valence-corrected chi connectivity index (χ1v) is 8.81. The molecule has 1 aliphatic carbocycles. The molecule has 24 heavy (non-hydrogen) atoms. The Bertz CT molecular complexity index is 690. The van der Waals surface area contributed by atoms with Crippen LogP contribution in [0.25, 0.3) is 0 Å². The zero-order valence-electron chi connectivity index (χ0n) is 14.9. The summed E-state index contributed by atoms with van der Waals surface area (Å²) in [6, 6.07) is 0.0832. The second kappa shape index (κ2) is 6.31. The standard InChI is InChI=1S/C18H27N3O3/c1-10-14(16(23)21-17(19-10)18(2,3)4)15(22)20-12-6-5-7-13-11(12)8-9-24-13/h11-13H,5-9H2,1-4H3,(H,20,22)(H,19,21,23)/t11-,12+,13-/m0/s1. The summed E-state index contributed by atoms with van der Waals surface area (Å²) in [5.74, 6) is 0.645. The van der Waals surface area contributed by atoms with Crippen molar-refractivity contribution in [2.24, 2.45) is 5.92 Å². The molecule has 6 nitrogen and oxygen atoms in total. The molecular formula is C18H27N3O3. The van der Waals surface area contributed by atoms with Gasteiger partial charge in [0.1, 0.15) is 11.4 Å². The lowest BCUT2D eigenvalue weighted by molar-refractivity contribution is 0.0510. The Morgan fingerprint density at radius 3 is 2.71 bits per heavy atom. The van der Waals surface area contributed by atoms with Crippen molar-refractivity contribution in [1.82, 2.24) is 15.3 Å². The van der Waals surface area contributed by atoms with E-state index in [1.54, 1.807) is 6.92 Å². The molecule has 2 fully saturated rings. The van der Waals surface area contributed by atoms with Crippen LogP contribution in [-0.4, -0.2) is 34.6 Å². The summed E-state index contributed by atoms with van der Waals surface area (Å²) in [5.41, 5.74) is -0.0170. The number of aromatic nitrogens is 2. The van der Waals surface area contributed by atoms with Crippen LogP contribution in [-0.2, 0) is 10.2 Å². The Balaban J connectivity index is 1.81. The number of aromatic amines is 1. The van der Waals surface area contributed by atoms with Gasteiger partial charge in [0.25, 0.3) is 11.5 Å². The molecule has 2 aliphatic rings. The second-order valence-corrected chi connectivity index (χ2v) is 8.00. The van der Waals surface area contributed by atoms with Crippen LogP contribution in [0.3, 0.4) is 0 Å². The van der Waals surface area contributed by atoms with Crippen molar-refractivity contribution in [2.45, 2.75) is 70.9 Å². The molecule has 0 spiro atoms. The number of ether oxygens (including phenoxy) is 1. The van der Waals surface area contributed by atoms with Crippen LogP contribution in [0, 0.1) is 12.8 Å². The van der Waals surface area contributed by atoms with Crippen LogP contribution in [0.2, 0.25) is 0 Å². The number of carbonyl (C=O) groups excluding carboxylic acids is 1. The summed E-state index contributed by atoms with van der Waals surface area (Å²) in [7, 11) is 0. The molecule has 6 heteroatoms. The number of carbonyl (C=O) groups is 1. The number of amides is 1. The van der Waals surface area contributed by atoms with Gasteiger partial charge >= 0.3 is 0 Å². The summed E-state index contributed by atoms with van der Waals surface area (Å²) in [6.45, 7) is 8.43. The van der Waals surface area contributed by atoms with Gasteiger partial charge in [0, 0.05) is 24.0 Å². The molecule has 1 amide bonds. The Kier molecular flexibility index (Phi) is 4.51. The Labute approximate surface area is 142 Å². The number of hydrogen-bond acceptors (Lipinski definition) is 4. The minimum atomic E-state index is -0.361. The molecule has 1 aliphatic heterocycles. The van der Waals surface area contributed by atoms with Gasteiger partial charge in [0.05, 0.1) is 11.8 Å². The molecule has 1 saturated heterocycles. The Morgan fingerprint density at radius 2 is 2.04 bits per heavy atom. The average molecular weight is 333 g/mol. The first-order chi connectivity index (χ1) is 11.3. The van der Waals surface area contributed by atoms with Crippen molar-refractivity contribution in [3.63, 3.8) is 0 Å². The van der Waals surface area contributed by atoms with Gasteiger partial charge in [0.15, 0.2) is 0 Å². The average Bonchev–Trinajstić information content (AvgIpc) is 2.95. The molecule has 1 saturated carbocycles. The van der Waals surface area contributed by atoms with Crippen LogP contribution in [0.5, 0.6) is 0 Å². The smallest absolute Gasteiger partial charge is 0.264 e. The third kappa shape index (κ3) is 3.24. The van der Waals surface area contributed by atoms with Gasteiger partial charge in [-0.05, 0) is 32.6 Å². The number of rotatable bonds is 2. The van der Waals surface area contributed by atoms with Crippen molar-refractivity contribution < 1.29 is 9.53 Å². The SMILES string of the molecule is Cc1nc(C(C)(C)C)[nH]c(=O)c1C(=O)N[C@@H]1CCC[C@@H]2OCC[C@H]21. The molecular weight excluding hydrogens is 306 g/mol. The topological polar surface area (TPSA) is 84.1 Å². The van der Waals surface area contributed by atoms with Crippen molar-refractivity contribution >= 4 is 5.91 Å². The maximum atomic E-state index is 12.7. The number of H-pyrrole nitrogens is 1. The van der Waals surface area contributed by atoms with Gasteiger partial charge in [-0.15, -0.1) is 0 Å². The van der Waals surface area contributed by atoms with E-state index in [-0.39, 0.29) is 34.6 Å². The van der Waals surface area contributed by atoms with E-state index >= 15 is 0 Å². The van der Waals surface area contributed by atoms with Gasteiger partial charge < -0.3 is 15.0 Å². The van der Waals surface area contributed by atoms with Gasteiger partial charge in [-0.1, -0.05) is 20.8 Å². The Hall–Kier alpha value is -1.69. The molecule has 0 aromatic carbocycles. The summed E-state index contributed by atoms with van der Waals surface area (Å²) in [5, 5.41) is 3.07. The van der Waals surface area contributed by atoms with Gasteiger partial charge in [-0.3, -0.25) is 9.59 Å². The number of hydrogen-bond donors (Lipinski definition) is 2. The highest BCUT2D eigenvalue weighted by molar-refractivity contribution is 5.95. The fourth-order valence-electron chi connectivity index (χ4n) is 3.80. The van der Waals surface area contributed by atoms with Crippen molar-refractivity contribution in [2.75, 3.05) is 6.61 Å². The van der Waals surface area contributed by atoms with E-state index < -0.39 is 0 Å². The largest absolute Gasteiger partial charge is 0.378 e. The Morgan fingerprint density at radius 1 is 1.29 bits per heavy atom. The number of aryl methyl sites for hydroxylation is 1. The van der Waals surface area contributed by atoms with Crippen molar-refractivity contribution in [3.8, 4) is 0 Å². The highest BCUT2D eigenvalue weighted by Gasteiger charge is 2.38. The quantitative estimate of drug-likeness (QED) is 0.868. The van der Waals surface area contributed by atoms with Crippen LogP contribution >= 0.6 is 0 Å². The monoisotopic (exact) mass is 333 g/mol. The third-order valence-corrected chi connectivity index (χ3v) is 5.14. The van der Waals surface area contributed by atoms with Gasteiger partial charge in [-0.25, -0.2) is 4.98 Å². The van der Waals surface area contributed by atoms with Crippen molar-refractivity contribution in [3.05, 3.63) is 27.4 Å². The molecule has 132 valence electrons. The predicted molar refractivity (Wildman–Crippen MR) is 91.2 cm³/mol. The third-order valence-electron chi connectivity index (χ3n) is 5.14. The number of fused-ring (bicyclic) bond motifs is 1. The zero-order valence-corrected chi connectivity index (χ0v) is 14.9. The number of nitrogens with one attached hydrogen (secondary N) is 2. The summed E-state index contributed by atoms with van der Waals surface area (Å²) < 4.78 is 5.74. The summed E-state index contributed by atoms with van der Waals surface area (Å²) in [6.07, 6.45) is 4.29. The van der Waals surface area contributed by atoms with Gasteiger partial charge in [-0.2, -0.15) is 0 Å². The number of nitrogens with zero attached hydrogens (tertiary/aromatic N) is 1. The van der Waals surface area contributed by atoms with Crippen molar-refractivity contribution in [1.29, 1.82) is 0 Å². The lowest BCUT2D eigenvalue weighted by Crippen LogP contribution is -2.47. The molecule has 1 aromatic heterocycles. The van der Waals surface area contributed by atoms with E-state index in [1.807, 2.05) is 20.8 Å². The van der Waals surface area contributed by atoms with Crippen LogP contribution in [0.15, 0.2) is 4.79 Å². The van der Waals surface area contributed by atoms with Crippen LogP contribution < -0.4 is 10.9 Å². The van der Waals surface area contributed by atoms with E-state index in [0.29, 0.717) is 17.4 Å². The molecule has 2 N–H and O–H groups in total. The van der Waals surface area contributed by atoms with E-state index in [0.717, 1.165) is 32.3 Å². The maximum absolute atomic E-state index is 12.7. The molecule has 3 atom stereocenters. The molecule has 3 rings (SSSR count). The first-order valence-electron chi connectivity index (χ1n) is 8.81. The molecule has 0 radical (unpaired) electrons. The molecule has 2 heterocycles. The van der Waals surface area contributed by atoms with Crippen LogP contribution in [0.1, 0.15) is 68.3 Å². The molecule has 0 unspecified atom stereocenters. The lowest BCUT2D eigenvalue weighted by atomic mass is 9.81. The fourth-order valence-corrected chi connectivity index (χ4v) is 3.80. The second-order valence-electron chi connectivity index (χ2n) is 8.00. The van der Waals surface area contributed by atoms with E-state index in [2.05, 4.69) is 15.3 Å². The highest BCUT2D eigenvalue weighted by atomic mass is 16.5. The molecule has 0 bridgehead atoms. The van der Waals surface area contributed by atoms with E-state index in [9.17, 15) is 9.59 Å². The highest BCUT2D eigenvalue weighted by Crippen LogP contribution is 2.34. The molecule has 1 aromatic rings. The van der Waals surface area contributed by atoms with Crippen LogP contribution in [0.4, 0.5) is 0 Å². The van der Waals surface area contributed by atoms with Gasteiger partial charge in [0.2, 0.25) is 0 Å². The minimum absolute atomic E-state index is 0.0832. The zero-order chi connectivity index (χ0) is 17.5.